The van der Waals surface area contributed by atoms with Crippen LogP contribution in [0.1, 0.15) is 17.2 Å². The molecule has 5 nitrogen and oxygen atoms in total. The lowest BCUT2D eigenvalue weighted by Gasteiger charge is -2.12. The maximum atomic E-state index is 14.1. The molecular formula is C16H12ClFN2O3. The Morgan fingerprint density at radius 3 is 2.74 bits per heavy atom. The second-order valence-corrected chi connectivity index (χ2v) is 4.67. The lowest BCUT2D eigenvalue weighted by Crippen LogP contribution is -2.13. The van der Waals surface area contributed by atoms with Gasteiger partial charge in [0.25, 0.3) is 0 Å². The summed E-state index contributed by atoms with van der Waals surface area (Å²) in [6.45, 7) is 0. The Morgan fingerprint density at radius 2 is 2.13 bits per heavy atom. The molecule has 0 saturated heterocycles. The third-order valence-electron chi connectivity index (χ3n) is 3.29. The van der Waals surface area contributed by atoms with E-state index in [2.05, 4.69) is 9.97 Å². The summed E-state index contributed by atoms with van der Waals surface area (Å²) >= 11 is 0. The summed E-state index contributed by atoms with van der Waals surface area (Å²) in [5.41, 5.74) is 1.55. The van der Waals surface area contributed by atoms with E-state index in [1.807, 2.05) is 0 Å². The van der Waals surface area contributed by atoms with Crippen LogP contribution in [0, 0.1) is 5.82 Å². The van der Waals surface area contributed by atoms with Crippen molar-refractivity contribution in [3.05, 3.63) is 72.5 Å². The molecule has 1 unspecified atom stereocenters. The van der Waals surface area contributed by atoms with Gasteiger partial charge in [0.05, 0.1) is 5.69 Å². The van der Waals surface area contributed by atoms with Crippen molar-refractivity contribution in [3.63, 3.8) is 0 Å². The van der Waals surface area contributed by atoms with Crippen molar-refractivity contribution in [3.8, 4) is 11.1 Å². The summed E-state index contributed by atoms with van der Waals surface area (Å²) in [5, 5.41) is 9.44. The van der Waals surface area contributed by atoms with Crippen molar-refractivity contribution < 1.29 is 18.7 Å². The van der Waals surface area contributed by atoms with E-state index in [9.17, 15) is 14.3 Å². The molecule has 2 aromatic heterocycles. The second kappa shape index (κ2) is 7.02. The molecule has 1 atom stereocenters. The quantitative estimate of drug-likeness (QED) is 0.790. The zero-order valence-corrected chi connectivity index (χ0v) is 12.5. The van der Waals surface area contributed by atoms with Gasteiger partial charge in [-0.2, -0.15) is 0 Å². The Hall–Kier alpha value is -2.73. The Labute approximate surface area is 137 Å². The minimum absolute atomic E-state index is 0. The van der Waals surface area contributed by atoms with Crippen LogP contribution in [-0.4, -0.2) is 21.0 Å². The molecule has 1 aromatic carbocycles. The van der Waals surface area contributed by atoms with E-state index in [1.165, 1.54) is 30.7 Å². The normalized spacial score (nSPS) is 11.5. The number of hydrogen-bond donors (Lipinski definition) is 1. The fourth-order valence-corrected chi connectivity index (χ4v) is 2.27. The van der Waals surface area contributed by atoms with Crippen molar-refractivity contribution in [1.82, 2.24) is 9.97 Å². The molecule has 118 valence electrons. The Balaban J connectivity index is 0.00000192. The van der Waals surface area contributed by atoms with Crippen LogP contribution >= 0.6 is 12.4 Å². The molecule has 0 amide bonds. The molecule has 1 N–H and O–H groups in total. The first-order chi connectivity index (χ1) is 10.7. The standard InChI is InChI=1S/C16H11FN2O3.ClH/c17-13-4-3-10(6-12(13)11-2-1-5-18-7-11)15(16(20)21)14-8-22-9-19-14;/h1-9,15H,(H,20,21);1H. The molecular weight excluding hydrogens is 323 g/mol. The molecule has 23 heavy (non-hydrogen) atoms. The van der Waals surface area contributed by atoms with Gasteiger partial charge in [-0.05, 0) is 23.8 Å². The summed E-state index contributed by atoms with van der Waals surface area (Å²) in [4.78, 5) is 19.4. The lowest BCUT2D eigenvalue weighted by atomic mass is 9.93. The number of oxazole rings is 1. The minimum atomic E-state index is -1.09. The largest absolute Gasteiger partial charge is 0.480 e. The number of nitrogens with zero attached hydrogens (tertiary/aromatic N) is 2. The lowest BCUT2D eigenvalue weighted by molar-refractivity contribution is -0.137. The average molecular weight is 335 g/mol. The van der Waals surface area contributed by atoms with Gasteiger partial charge in [0.1, 0.15) is 18.0 Å². The number of carboxylic acids is 1. The number of aromatic nitrogens is 2. The number of carbonyl (C=O) groups is 1. The highest BCUT2D eigenvalue weighted by Gasteiger charge is 2.25. The zero-order valence-electron chi connectivity index (χ0n) is 11.7. The number of pyridine rings is 1. The molecule has 3 rings (SSSR count). The van der Waals surface area contributed by atoms with Crippen LogP contribution in [0.25, 0.3) is 11.1 Å². The average Bonchev–Trinajstić information content (AvgIpc) is 3.03. The van der Waals surface area contributed by atoms with Crippen molar-refractivity contribution in [1.29, 1.82) is 0 Å². The van der Waals surface area contributed by atoms with E-state index in [-0.39, 0.29) is 18.1 Å². The van der Waals surface area contributed by atoms with Gasteiger partial charge in [0.15, 0.2) is 6.39 Å². The molecule has 0 radical (unpaired) electrons. The van der Waals surface area contributed by atoms with Crippen LogP contribution in [0.5, 0.6) is 0 Å². The Morgan fingerprint density at radius 1 is 1.30 bits per heavy atom. The number of benzene rings is 1. The number of rotatable bonds is 4. The molecule has 0 aliphatic carbocycles. The fourth-order valence-electron chi connectivity index (χ4n) is 2.27. The Bertz CT molecular complexity index is 794. The van der Waals surface area contributed by atoms with Gasteiger partial charge in [-0.25, -0.2) is 9.37 Å². The van der Waals surface area contributed by atoms with Gasteiger partial charge in [-0.15, -0.1) is 12.4 Å². The zero-order chi connectivity index (χ0) is 15.5. The van der Waals surface area contributed by atoms with Crippen molar-refractivity contribution in [2.75, 3.05) is 0 Å². The highest BCUT2D eigenvalue weighted by Crippen LogP contribution is 2.29. The number of hydrogen-bond acceptors (Lipinski definition) is 4. The topological polar surface area (TPSA) is 76.2 Å². The van der Waals surface area contributed by atoms with Crippen LogP contribution in [0.3, 0.4) is 0 Å². The van der Waals surface area contributed by atoms with E-state index >= 15 is 0 Å². The van der Waals surface area contributed by atoms with Crippen molar-refractivity contribution in [2.24, 2.45) is 0 Å². The summed E-state index contributed by atoms with van der Waals surface area (Å²) in [6.07, 6.45) is 5.54. The van der Waals surface area contributed by atoms with Crippen molar-refractivity contribution >= 4 is 18.4 Å². The van der Waals surface area contributed by atoms with E-state index in [0.717, 1.165) is 6.39 Å². The molecule has 0 spiro atoms. The summed E-state index contributed by atoms with van der Waals surface area (Å²) in [5.74, 6) is -2.55. The van der Waals surface area contributed by atoms with Gasteiger partial charge >= 0.3 is 5.97 Å². The van der Waals surface area contributed by atoms with Gasteiger partial charge in [0, 0.05) is 23.5 Å². The monoisotopic (exact) mass is 334 g/mol. The van der Waals surface area contributed by atoms with Crippen molar-refractivity contribution in [2.45, 2.75) is 5.92 Å². The van der Waals surface area contributed by atoms with E-state index in [4.69, 9.17) is 4.42 Å². The van der Waals surface area contributed by atoms with Crippen LogP contribution in [0.4, 0.5) is 4.39 Å². The third kappa shape index (κ3) is 3.37. The number of aliphatic carboxylic acids is 1. The van der Waals surface area contributed by atoms with E-state index in [0.29, 0.717) is 16.7 Å². The van der Waals surface area contributed by atoms with Gasteiger partial charge in [-0.3, -0.25) is 9.78 Å². The van der Waals surface area contributed by atoms with Crippen LogP contribution in [0.2, 0.25) is 0 Å². The molecule has 0 fully saturated rings. The smallest absolute Gasteiger partial charge is 0.317 e. The first-order valence-electron chi connectivity index (χ1n) is 6.47. The van der Waals surface area contributed by atoms with Gasteiger partial charge < -0.3 is 9.52 Å². The fraction of sp³-hybridized carbons (Fsp3) is 0.0625. The molecule has 3 aromatic rings. The first kappa shape index (κ1) is 16.6. The third-order valence-corrected chi connectivity index (χ3v) is 3.29. The van der Waals surface area contributed by atoms with E-state index in [1.54, 1.807) is 18.3 Å². The Kier molecular flexibility index (Phi) is 5.08. The number of carboxylic acid groups (broad SMARTS) is 1. The summed E-state index contributed by atoms with van der Waals surface area (Å²) in [6, 6.07) is 7.57. The number of halogens is 2. The molecule has 2 heterocycles. The van der Waals surface area contributed by atoms with Gasteiger partial charge in [-0.1, -0.05) is 12.1 Å². The predicted molar refractivity (Wildman–Crippen MR) is 82.9 cm³/mol. The van der Waals surface area contributed by atoms with Crippen LogP contribution in [-0.2, 0) is 4.79 Å². The SMILES string of the molecule is Cl.O=C(O)C(c1ccc(F)c(-c2cccnc2)c1)c1cocn1. The molecule has 7 heteroatoms. The predicted octanol–water partition coefficient (Wildman–Crippen LogP) is 3.51. The molecule has 0 aliphatic heterocycles. The summed E-state index contributed by atoms with van der Waals surface area (Å²) in [7, 11) is 0. The van der Waals surface area contributed by atoms with Crippen LogP contribution < -0.4 is 0 Å². The first-order valence-corrected chi connectivity index (χ1v) is 6.47. The molecule has 0 aliphatic rings. The highest BCUT2D eigenvalue weighted by atomic mass is 35.5. The maximum absolute atomic E-state index is 14.1. The minimum Gasteiger partial charge on any atom is -0.480 e. The highest BCUT2D eigenvalue weighted by molar-refractivity contribution is 5.85. The molecule has 0 bridgehead atoms. The second-order valence-electron chi connectivity index (χ2n) is 4.67. The van der Waals surface area contributed by atoms with Gasteiger partial charge in [0.2, 0.25) is 0 Å². The molecule has 0 saturated carbocycles. The maximum Gasteiger partial charge on any atom is 0.317 e. The summed E-state index contributed by atoms with van der Waals surface area (Å²) < 4.78 is 18.9. The van der Waals surface area contributed by atoms with Crippen LogP contribution in [0.15, 0.2) is 59.8 Å². The van der Waals surface area contributed by atoms with E-state index < -0.39 is 17.7 Å².